The second kappa shape index (κ2) is 9.52. The first-order valence-electron chi connectivity index (χ1n) is 9.80. The Balaban J connectivity index is 1.92. The van der Waals surface area contributed by atoms with Crippen LogP contribution < -0.4 is 10.2 Å². The molecule has 1 unspecified atom stereocenters. The standard InChI is InChI=1S/C20H31N3O4S/c1-5-10-23(17-9-11-28(26,27)14-17)20(25)13-22(4)12-19(24)21-18-8-6-7-15(2)16(18)3/h6-8,17H,5,9-14H2,1-4H3,(H,21,24)/p+1/t17-/m0/s1. The molecular weight excluding hydrogens is 378 g/mol. The van der Waals surface area contributed by atoms with Gasteiger partial charge in [-0.3, -0.25) is 9.59 Å². The van der Waals surface area contributed by atoms with Crippen LogP contribution in [0.1, 0.15) is 30.9 Å². The van der Waals surface area contributed by atoms with Gasteiger partial charge in [-0.2, -0.15) is 0 Å². The Morgan fingerprint density at radius 2 is 1.96 bits per heavy atom. The number of amides is 2. The smallest absolute Gasteiger partial charge is 0.279 e. The van der Waals surface area contributed by atoms with Gasteiger partial charge >= 0.3 is 0 Å². The van der Waals surface area contributed by atoms with E-state index in [9.17, 15) is 18.0 Å². The summed E-state index contributed by atoms with van der Waals surface area (Å²) >= 11 is 0. The minimum atomic E-state index is -3.05. The number of aryl methyl sites for hydroxylation is 1. The summed E-state index contributed by atoms with van der Waals surface area (Å²) in [7, 11) is -1.25. The van der Waals surface area contributed by atoms with Crippen molar-refractivity contribution in [2.45, 2.75) is 39.7 Å². The van der Waals surface area contributed by atoms with Gasteiger partial charge in [-0.05, 0) is 43.9 Å². The number of rotatable bonds is 8. The largest absolute Gasteiger partial charge is 0.334 e. The zero-order valence-corrected chi connectivity index (χ0v) is 18.1. The van der Waals surface area contributed by atoms with Gasteiger partial charge in [0.05, 0.1) is 18.6 Å². The molecule has 1 saturated heterocycles. The highest BCUT2D eigenvalue weighted by atomic mass is 32.2. The molecule has 156 valence electrons. The van der Waals surface area contributed by atoms with Gasteiger partial charge in [-0.25, -0.2) is 8.42 Å². The highest BCUT2D eigenvalue weighted by molar-refractivity contribution is 7.91. The lowest BCUT2D eigenvalue weighted by molar-refractivity contribution is -0.862. The second-order valence-corrected chi connectivity index (χ2v) is 9.98. The fourth-order valence-electron chi connectivity index (χ4n) is 3.55. The molecule has 2 amide bonds. The van der Waals surface area contributed by atoms with Crippen LogP contribution in [0.5, 0.6) is 0 Å². The van der Waals surface area contributed by atoms with Crippen LogP contribution in [0.25, 0.3) is 0 Å². The molecule has 0 aliphatic carbocycles. The quantitative estimate of drug-likeness (QED) is 0.640. The Hall–Kier alpha value is -1.93. The monoisotopic (exact) mass is 410 g/mol. The molecule has 0 spiro atoms. The summed E-state index contributed by atoms with van der Waals surface area (Å²) < 4.78 is 23.5. The summed E-state index contributed by atoms with van der Waals surface area (Å²) in [5.41, 5.74) is 2.92. The van der Waals surface area contributed by atoms with E-state index in [-0.39, 0.29) is 42.5 Å². The molecule has 0 saturated carbocycles. The molecular formula is C20H32N3O4S+. The Morgan fingerprint density at radius 1 is 1.25 bits per heavy atom. The lowest BCUT2D eigenvalue weighted by Crippen LogP contribution is -3.11. The minimum absolute atomic E-state index is 0.0465. The molecule has 2 N–H and O–H groups in total. The number of carbonyl (C=O) groups is 2. The predicted octanol–water partition coefficient (Wildman–Crippen LogP) is 0.182. The van der Waals surface area contributed by atoms with Crippen molar-refractivity contribution >= 4 is 27.3 Å². The van der Waals surface area contributed by atoms with E-state index < -0.39 is 9.84 Å². The molecule has 1 aromatic carbocycles. The molecule has 0 radical (unpaired) electrons. The van der Waals surface area contributed by atoms with Crippen molar-refractivity contribution in [3.8, 4) is 0 Å². The van der Waals surface area contributed by atoms with Gasteiger partial charge in [0, 0.05) is 18.3 Å². The van der Waals surface area contributed by atoms with Crippen molar-refractivity contribution in [1.82, 2.24) is 4.90 Å². The lowest BCUT2D eigenvalue weighted by Gasteiger charge is -2.28. The SMILES string of the molecule is CCCN(C(=O)C[NH+](C)CC(=O)Nc1cccc(C)c1C)[C@H]1CCS(=O)(=O)C1. The minimum Gasteiger partial charge on any atom is -0.334 e. The first-order chi connectivity index (χ1) is 13.1. The maximum atomic E-state index is 12.8. The van der Waals surface area contributed by atoms with Crippen LogP contribution in [-0.2, 0) is 19.4 Å². The fourth-order valence-corrected chi connectivity index (χ4v) is 5.28. The van der Waals surface area contributed by atoms with Crippen LogP contribution in [0.15, 0.2) is 18.2 Å². The molecule has 1 aliphatic rings. The first kappa shape index (κ1) is 22.4. The number of sulfone groups is 1. The number of carbonyl (C=O) groups excluding carboxylic acids is 2. The van der Waals surface area contributed by atoms with Gasteiger partial charge in [0.15, 0.2) is 22.9 Å². The highest BCUT2D eigenvalue weighted by Gasteiger charge is 2.35. The predicted molar refractivity (Wildman–Crippen MR) is 110 cm³/mol. The number of nitrogens with zero attached hydrogens (tertiary/aromatic N) is 1. The summed E-state index contributed by atoms with van der Waals surface area (Å²) in [5.74, 6) is -0.0534. The van der Waals surface area contributed by atoms with E-state index in [0.717, 1.165) is 28.1 Å². The van der Waals surface area contributed by atoms with Crippen molar-refractivity contribution in [2.75, 3.05) is 43.5 Å². The number of benzene rings is 1. The van der Waals surface area contributed by atoms with Crippen molar-refractivity contribution in [3.05, 3.63) is 29.3 Å². The Morgan fingerprint density at radius 3 is 2.57 bits per heavy atom. The summed E-state index contributed by atoms with van der Waals surface area (Å²) in [5, 5.41) is 2.91. The number of hydrogen-bond acceptors (Lipinski definition) is 4. The fraction of sp³-hybridized carbons (Fsp3) is 0.600. The third-order valence-electron chi connectivity index (χ3n) is 5.23. The summed E-state index contributed by atoms with van der Waals surface area (Å²) in [4.78, 5) is 27.6. The normalized spacial score (nSPS) is 19.2. The van der Waals surface area contributed by atoms with Crippen LogP contribution in [0.3, 0.4) is 0 Å². The number of likely N-dealkylation sites (N-methyl/N-ethyl adjacent to an activating group) is 1. The maximum Gasteiger partial charge on any atom is 0.279 e. The number of anilines is 1. The van der Waals surface area contributed by atoms with Crippen molar-refractivity contribution in [2.24, 2.45) is 0 Å². The van der Waals surface area contributed by atoms with Crippen LogP contribution in [0.4, 0.5) is 5.69 Å². The van der Waals surface area contributed by atoms with Crippen molar-refractivity contribution in [1.29, 1.82) is 0 Å². The number of hydrogen-bond donors (Lipinski definition) is 2. The Labute approximate surface area is 168 Å². The van der Waals surface area contributed by atoms with E-state index in [1.807, 2.05) is 39.0 Å². The molecule has 8 heteroatoms. The van der Waals surface area contributed by atoms with Crippen LogP contribution in [0.2, 0.25) is 0 Å². The van der Waals surface area contributed by atoms with E-state index in [0.29, 0.717) is 13.0 Å². The molecule has 1 aromatic rings. The summed E-state index contributed by atoms with van der Waals surface area (Å²) in [6.07, 6.45) is 1.27. The number of nitrogens with one attached hydrogen (secondary N) is 2. The Kier molecular flexibility index (Phi) is 7.60. The molecule has 1 fully saturated rings. The molecule has 7 nitrogen and oxygen atoms in total. The zero-order valence-electron chi connectivity index (χ0n) is 17.2. The van der Waals surface area contributed by atoms with E-state index >= 15 is 0 Å². The van der Waals surface area contributed by atoms with Gasteiger partial charge in [0.2, 0.25) is 0 Å². The zero-order chi connectivity index (χ0) is 20.9. The molecule has 1 heterocycles. The average Bonchev–Trinajstić information content (AvgIpc) is 2.96. The van der Waals surface area contributed by atoms with E-state index in [4.69, 9.17) is 0 Å². The average molecular weight is 411 g/mol. The molecule has 1 aliphatic heterocycles. The third kappa shape index (κ3) is 6.04. The topological polar surface area (TPSA) is 88.0 Å². The van der Waals surface area contributed by atoms with Crippen LogP contribution in [-0.4, -0.2) is 69.4 Å². The van der Waals surface area contributed by atoms with Crippen LogP contribution >= 0.6 is 0 Å². The second-order valence-electron chi connectivity index (χ2n) is 7.75. The maximum absolute atomic E-state index is 12.8. The third-order valence-corrected chi connectivity index (χ3v) is 6.98. The van der Waals surface area contributed by atoms with Gasteiger partial charge < -0.3 is 15.1 Å². The van der Waals surface area contributed by atoms with E-state index in [1.165, 1.54) is 0 Å². The number of quaternary nitrogens is 1. The lowest BCUT2D eigenvalue weighted by atomic mass is 10.1. The molecule has 0 aromatic heterocycles. The van der Waals surface area contributed by atoms with Crippen molar-refractivity contribution in [3.63, 3.8) is 0 Å². The summed E-state index contributed by atoms with van der Waals surface area (Å²) in [6.45, 7) is 6.80. The summed E-state index contributed by atoms with van der Waals surface area (Å²) in [6, 6.07) is 5.52. The molecule has 2 rings (SSSR count). The Bertz CT molecular complexity index is 823. The van der Waals surface area contributed by atoms with Gasteiger partial charge in [0.1, 0.15) is 0 Å². The first-order valence-corrected chi connectivity index (χ1v) is 11.6. The van der Waals surface area contributed by atoms with E-state index in [2.05, 4.69) is 5.32 Å². The van der Waals surface area contributed by atoms with E-state index in [1.54, 1.807) is 11.9 Å². The molecule has 2 atom stereocenters. The van der Waals surface area contributed by atoms with Gasteiger partial charge in [-0.15, -0.1) is 0 Å². The molecule has 28 heavy (non-hydrogen) atoms. The highest BCUT2D eigenvalue weighted by Crippen LogP contribution is 2.18. The van der Waals surface area contributed by atoms with Gasteiger partial charge in [0.25, 0.3) is 11.8 Å². The van der Waals surface area contributed by atoms with Crippen molar-refractivity contribution < 1.29 is 22.9 Å². The van der Waals surface area contributed by atoms with Crippen LogP contribution in [0, 0.1) is 13.8 Å². The van der Waals surface area contributed by atoms with Gasteiger partial charge in [-0.1, -0.05) is 19.1 Å². The molecule has 0 bridgehead atoms.